The molecule has 118 valence electrons. The van der Waals surface area contributed by atoms with Crippen molar-refractivity contribution in [2.24, 2.45) is 5.73 Å². The quantitative estimate of drug-likeness (QED) is 0.921. The van der Waals surface area contributed by atoms with Gasteiger partial charge in [0.25, 0.3) is 0 Å². The van der Waals surface area contributed by atoms with Crippen LogP contribution in [0.4, 0.5) is 0 Å². The van der Waals surface area contributed by atoms with Gasteiger partial charge in [0, 0.05) is 32.4 Å². The molecule has 0 spiro atoms. The molecule has 1 aliphatic heterocycles. The van der Waals surface area contributed by atoms with E-state index >= 15 is 0 Å². The molecule has 2 N–H and O–H groups in total. The van der Waals surface area contributed by atoms with Crippen LogP contribution in [-0.4, -0.2) is 46.5 Å². The second kappa shape index (κ2) is 6.90. The standard InChI is InChI=1S/C16H28N4O/c1-13-10-19(12-16(9-17)21-13)11-14-7-8-20(18-14)15-5-3-2-4-6-15/h7-8,13,15-16H,2-6,9-12,17H2,1H3. The van der Waals surface area contributed by atoms with Crippen LogP contribution >= 0.6 is 0 Å². The molecule has 2 fully saturated rings. The Labute approximate surface area is 127 Å². The van der Waals surface area contributed by atoms with Crippen molar-refractivity contribution in [2.75, 3.05) is 19.6 Å². The fraction of sp³-hybridized carbons (Fsp3) is 0.812. The summed E-state index contributed by atoms with van der Waals surface area (Å²) >= 11 is 0. The summed E-state index contributed by atoms with van der Waals surface area (Å²) in [6, 6.07) is 2.79. The molecule has 0 aromatic carbocycles. The maximum absolute atomic E-state index is 5.81. The third-order valence-corrected chi connectivity index (χ3v) is 4.66. The highest BCUT2D eigenvalue weighted by molar-refractivity contribution is 5.00. The lowest BCUT2D eigenvalue weighted by Crippen LogP contribution is -2.48. The maximum atomic E-state index is 5.81. The van der Waals surface area contributed by atoms with E-state index in [1.165, 1.54) is 37.8 Å². The first-order valence-corrected chi connectivity index (χ1v) is 8.36. The largest absolute Gasteiger partial charge is 0.371 e. The van der Waals surface area contributed by atoms with E-state index in [1.807, 2.05) is 0 Å². The van der Waals surface area contributed by atoms with Gasteiger partial charge < -0.3 is 10.5 Å². The maximum Gasteiger partial charge on any atom is 0.0828 e. The molecule has 3 rings (SSSR count). The summed E-state index contributed by atoms with van der Waals surface area (Å²) in [5.74, 6) is 0. The van der Waals surface area contributed by atoms with Crippen LogP contribution in [0.25, 0.3) is 0 Å². The van der Waals surface area contributed by atoms with Crippen LogP contribution in [0.15, 0.2) is 12.3 Å². The van der Waals surface area contributed by atoms with Crippen LogP contribution in [-0.2, 0) is 11.3 Å². The van der Waals surface area contributed by atoms with Gasteiger partial charge in [-0.05, 0) is 25.8 Å². The SMILES string of the molecule is CC1CN(Cc2ccn(C3CCCCC3)n2)CC(CN)O1. The van der Waals surface area contributed by atoms with Crippen molar-refractivity contribution in [3.8, 4) is 0 Å². The lowest BCUT2D eigenvalue weighted by atomic mass is 9.96. The van der Waals surface area contributed by atoms with Gasteiger partial charge in [0.1, 0.15) is 0 Å². The molecule has 1 aliphatic carbocycles. The number of nitrogens with two attached hydrogens (primary N) is 1. The van der Waals surface area contributed by atoms with Crippen molar-refractivity contribution in [2.45, 2.75) is 63.8 Å². The van der Waals surface area contributed by atoms with Gasteiger partial charge in [0.15, 0.2) is 0 Å². The van der Waals surface area contributed by atoms with Gasteiger partial charge in [-0.15, -0.1) is 0 Å². The number of nitrogens with zero attached hydrogens (tertiary/aromatic N) is 3. The topological polar surface area (TPSA) is 56.3 Å². The smallest absolute Gasteiger partial charge is 0.0828 e. The molecule has 1 aromatic heterocycles. The third kappa shape index (κ3) is 3.84. The molecule has 2 aliphatic rings. The predicted octanol–water partition coefficient (Wildman–Crippen LogP) is 1.94. The Morgan fingerprint density at radius 1 is 1.29 bits per heavy atom. The normalized spacial score (nSPS) is 28.9. The summed E-state index contributed by atoms with van der Waals surface area (Å²) in [6.45, 7) is 5.50. The van der Waals surface area contributed by atoms with Crippen LogP contribution in [0.1, 0.15) is 50.8 Å². The van der Waals surface area contributed by atoms with Gasteiger partial charge in [-0.2, -0.15) is 5.10 Å². The minimum Gasteiger partial charge on any atom is -0.371 e. The molecule has 5 nitrogen and oxygen atoms in total. The molecule has 1 saturated carbocycles. The van der Waals surface area contributed by atoms with Crippen LogP contribution in [0.5, 0.6) is 0 Å². The Morgan fingerprint density at radius 2 is 2.10 bits per heavy atom. The molecular weight excluding hydrogens is 264 g/mol. The number of hydrogen-bond acceptors (Lipinski definition) is 4. The summed E-state index contributed by atoms with van der Waals surface area (Å²) in [7, 11) is 0. The van der Waals surface area contributed by atoms with Crippen molar-refractivity contribution >= 4 is 0 Å². The van der Waals surface area contributed by atoms with E-state index < -0.39 is 0 Å². The Balaban J connectivity index is 1.58. The number of rotatable bonds is 4. The van der Waals surface area contributed by atoms with E-state index in [0.29, 0.717) is 12.6 Å². The zero-order valence-corrected chi connectivity index (χ0v) is 13.1. The fourth-order valence-electron chi connectivity index (χ4n) is 3.64. The summed E-state index contributed by atoms with van der Waals surface area (Å²) in [4.78, 5) is 2.42. The van der Waals surface area contributed by atoms with Gasteiger partial charge >= 0.3 is 0 Å². The van der Waals surface area contributed by atoms with Crippen LogP contribution in [0, 0.1) is 0 Å². The monoisotopic (exact) mass is 292 g/mol. The van der Waals surface area contributed by atoms with Crippen molar-refractivity contribution < 1.29 is 4.74 Å². The molecule has 1 saturated heterocycles. The van der Waals surface area contributed by atoms with Gasteiger partial charge in [-0.25, -0.2) is 0 Å². The molecule has 2 atom stereocenters. The van der Waals surface area contributed by atoms with E-state index in [1.54, 1.807) is 0 Å². The summed E-state index contributed by atoms with van der Waals surface area (Å²) in [6.07, 6.45) is 9.22. The molecular formula is C16H28N4O. The Morgan fingerprint density at radius 3 is 2.86 bits per heavy atom. The molecule has 2 heterocycles. The molecule has 0 bridgehead atoms. The lowest BCUT2D eigenvalue weighted by molar-refractivity contribution is -0.0748. The molecule has 21 heavy (non-hydrogen) atoms. The number of aromatic nitrogens is 2. The first-order chi connectivity index (χ1) is 10.2. The Hall–Kier alpha value is -0.910. The van der Waals surface area contributed by atoms with Crippen molar-refractivity contribution in [3.05, 3.63) is 18.0 Å². The summed E-state index contributed by atoms with van der Waals surface area (Å²) in [5.41, 5.74) is 6.92. The number of ether oxygens (including phenoxy) is 1. The molecule has 0 radical (unpaired) electrons. The van der Waals surface area contributed by atoms with Crippen LogP contribution < -0.4 is 5.73 Å². The first-order valence-electron chi connectivity index (χ1n) is 8.36. The number of morpholine rings is 1. The van der Waals surface area contributed by atoms with E-state index in [4.69, 9.17) is 15.6 Å². The second-order valence-electron chi connectivity index (χ2n) is 6.58. The third-order valence-electron chi connectivity index (χ3n) is 4.66. The zero-order valence-electron chi connectivity index (χ0n) is 13.1. The fourth-order valence-corrected chi connectivity index (χ4v) is 3.64. The number of hydrogen-bond donors (Lipinski definition) is 1. The van der Waals surface area contributed by atoms with Gasteiger partial charge in [-0.1, -0.05) is 19.3 Å². The van der Waals surface area contributed by atoms with E-state index in [9.17, 15) is 0 Å². The summed E-state index contributed by atoms with van der Waals surface area (Å²) < 4.78 is 8.00. The van der Waals surface area contributed by atoms with Crippen LogP contribution in [0.3, 0.4) is 0 Å². The molecule has 0 amide bonds. The highest BCUT2D eigenvalue weighted by Crippen LogP contribution is 2.27. The average molecular weight is 292 g/mol. The predicted molar refractivity (Wildman–Crippen MR) is 83.0 cm³/mol. The van der Waals surface area contributed by atoms with Crippen molar-refractivity contribution in [3.63, 3.8) is 0 Å². The Bertz CT molecular complexity index is 441. The molecule has 1 aromatic rings. The van der Waals surface area contributed by atoms with E-state index in [2.05, 4.69) is 28.8 Å². The first kappa shape index (κ1) is 15.0. The highest BCUT2D eigenvalue weighted by Gasteiger charge is 2.25. The van der Waals surface area contributed by atoms with Gasteiger partial charge in [-0.3, -0.25) is 9.58 Å². The van der Waals surface area contributed by atoms with Crippen molar-refractivity contribution in [1.82, 2.24) is 14.7 Å². The highest BCUT2D eigenvalue weighted by atomic mass is 16.5. The van der Waals surface area contributed by atoms with E-state index in [0.717, 1.165) is 19.6 Å². The second-order valence-corrected chi connectivity index (χ2v) is 6.58. The minimum absolute atomic E-state index is 0.161. The minimum atomic E-state index is 0.161. The van der Waals surface area contributed by atoms with Gasteiger partial charge in [0.2, 0.25) is 0 Å². The zero-order chi connectivity index (χ0) is 14.7. The Kier molecular flexibility index (Phi) is 4.93. The lowest BCUT2D eigenvalue weighted by Gasteiger charge is -2.35. The van der Waals surface area contributed by atoms with Crippen molar-refractivity contribution in [1.29, 1.82) is 0 Å². The van der Waals surface area contributed by atoms with E-state index in [-0.39, 0.29) is 12.2 Å². The van der Waals surface area contributed by atoms with Crippen LogP contribution in [0.2, 0.25) is 0 Å². The van der Waals surface area contributed by atoms with Gasteiger partial charge in [0.05, 0.1) is 23.9 Å². The summed E-state index contributed by atoms with van der Waals surface area (Å²) in [5, 5.41) is 4.81. The molecule has 5 heteroatoms. The average Bonchev–Trinajstić information content (AvgIpc) is 2.96. The molecule has 2 unspecified atom stereocenters.